The number of nitrogens with one attached hydrogen (secondary N) is 1. The summed E-state index contributed by atoms with van der Waals surface area (Å²) in [6, 6.07) is -0.0529. The van der Waals surface area contributed by atoms with Gasteiger partial charge in [0, 0.05) is 19.1 Å². The van der Waals surface area contributed by atoms with Gasteiger partial charge >= 0.3 is 5.69 Å². The Morgan fingerprint density at radius 1 is 1.04 bits per heavy atom. The number of hydrogen-bond donors (Lipinski definition) is 2. The number of H-pyrrole nitrogens is 1. The van der Waals surface area contributed by atoms with Crippen molar-refractivity contribution < 1.29 is 5.11 Å². The van der Waals surface area contributed by atoms with Crippen molar-refractivity contribution in [2.45, 2.75) is 70.8 Å². The third kappa shape index (κ3) is 3.96. The first-order chi connectivity index (χ1) is 12.1. The summed E-state index contributed by atoms with van der Waals surface area (Å²) in [5.41, 5.74) is -0.508. The van der Waals surface area contributed by atoms with E-state index in [9.17, 15) is 14.7 Å². The minimum Gasteiger partial charge on any atom is -0.494 e. The lowest BCUT2D eigenvalue weighted by Crippen LogP contribution is -2.36. The fourth-order valence-corrected chi connectivity index (χ4v) is 3.96. The summed E-state index contributed by atoms with van der Waals surface area (Å²) >= 11 is 0. The molecule has 3 rings (SSSR count). The van der Waals surface area contributed by atoms with Crippen molar-refractivity contribution in [1.82, 2.24) is 14.6 Å². The summed E-state index contributed by atoms with van der Waals surface area (Å²) in [7, 11) is 0. The van der Waals surface area contributed by atoms with Gasteiger partial charge < -0.3 is 5.11 Å². The van der Waals surface area contributed by atoms with Crippen LogP contribution in [0.25, 0.3) is 0 Å². The maximum absolute atomic E-state index is 12.3. The van der Waals surface area contributed by atoms with Gasteiger partial charge in [0.15, 0.2) is 0 Å². The van der Waals surface area contributed by atoms with Crippen molar-refractivity contribution in [2.75, 3.05) is 13.1 Å². The predicted octanol–water partition coefficient (Wildman–Crippen LogP) is 2.35. The van der Waals surface area contributed by atoms with E-state index in [1.54, 1.807) is 6.92 Å². The standard InChI is InChI=1S/C18H28N4O3/c1-13(20-21-11-7-2-3-8-12-21)15-16(23)19-18(25)22(17(15)24)14-9-5-4-6-10-14/h14,24H,2-12H2,1H3,(H,19,23,25). The maximum Gasteiger partial charge on any atom is 0.331 e. The van der Waals surface area contributed by atoms with Gasteiger partial charge in [-0.3, -0.25) is 19.4 Å². The molecule has 2 fully saturated rings. The number of hydrazone groups is 1. The molecular weight excluding hydrogens is 320 g/mol. The molecule has 0 bridgehead atoms. The summed E-state index contributed by atoms with van der Waals surface area (Å²) in [6.07, 6.45) is 9.48. The fourth-order valence-electron chi connectivity index (χ4n) is 3.96. The van der Waals surface area contributed by atoms with Gasteiger partial charge in [-0.2, -0.15) is 5.10 Å². The van der Waals surface area contributed by atoms with Gasteiger partial charge in [0.1, 0.15) is 5.56 Å². The molecule has 1 aliphatic heterocycles. The monoisotopic (exact) mass is 348 g/mol. The van der Waals surface area contributed by atoms with Crippen LogP contribution in [0, 0.1) is 0 Å². The molecule has 2 aliphatic rings. The first-order valence-corrected chi connectivity index (χ1v) is 9.46. The Morgan fingerprint density at radius 2 is 1.64 bits per heavy atom. The molecule has 1 saturated carbocycles. The molecule has 7 nitrogen and oxygen atoms in total. The topological polar surface area (TPSA) is 90.7 Å². The number of aromatic hydroxyl groups is 1. The zero-order valence-electron chi connectivity index (χ0n) is 15.0. The number of hydrogen-bond acceptors (Lipinski definition) is 5. The Hall–Kier alpha value is -2.05. The van der Waals surface area contributed by atoms with Crippen LogP contribution in [-0.2, 0) is 0 Å². The number of rotatable bonds is 3. The van der Waals surface area contributed by atoms with E-state index in [1.807, 2.05) is 5.01 Å². The first-order valence-electron chi connectivity index (χ1n) is 9.46. The van der Waals surface area contributed by atoms with E-state index in [1.165, 1.54) is 17.4 Å². The molecule has 0 aromatic carbocycles. The average Bonchev–Trinajstić information content (AvgIpc) is 2.84. The molecule has 0 amide bonds. The normalized spacial score (nSPS) is 20.5. The molecule has 2 N–H and O–H groups in total. The van der Waals surface area contributed by atoms with E-state index in [4.69, 9.17) is 0 Å². The highest BCUT2D eigenvalue weighted by atomic mass is 16.3. The summed E-state index contributed by atoms with van der Waals surface area (Å²) in [5.74, 6) is -0.239. The maximum atomic E-state index is 12.3. The number of nitrogens with zero attached hydrogens (tertiary/aromatic N) is 3. The SMILES string of the molecule is CC(=NN1CCCCCC1)c1c(O)n(C2CCCCC2)c(=O)[nH]c1=O. The smallest absolute Gasteiger partial charge is 0.331 e. The van der Waals surface area contributed by atoms with Crippen molar-refractivity contribution in [3.8, 4) is 5.88 Å². The van der Waals surface area contributed by atoms with Gasteiger partial charge in [-0.05, 0) is 32.6 Å². The van der Waals surface area contributed by atoms with Crippen molar-refractivity contribution in [2.24, 2.45) is 5.10 Å². The lowest BCUT2D eigenvalue weighted by Gasteiger charge is -2.25. The molecule has 1 aromatic rings. The highest BCUT2D eigenvalue weighted by molar-refractivity contribution is 6.00. The second-order valence-electron chi connectivity index (χ2n) is 7.17. The Morgan fingerprint density at radius 3 is 2.28 bits per heavy atom. The largest absolute Gasteiger partial charge is 0.494 e. The predicted molar refractivity (Wildman–Crippen MR) is 97.4 cm³/mol. The van der Waals surface area contributed by atoms with Crippen LogP contribution in [0.15, 0.2) is 14.7 Å². The third-order valence-corrected chi connectivity index (χ3v) is 5.29. The molecule has 1 aliphatic carbocycles. The van der Waals surface area contributed by atoms with Gasteiger partial charge in [0.25, 0.3) is 5.56 Å². The zero-order chi connectivity index (χ0) is 17.8. The molecule has 7 heteroatoms. The number of aromatic nitrogens is 2. The van der Waals surface area contributed by atoms with Gasteiger partial charge in [0.2, 0.25) is 5.88 Å². The van der Waals surface area contributed by atoms with Crippen LogP contribution in [0.4, 0.5) is 0 Å². The van der Waals surface area contributed by atoms with Crippen LogP contribution in [-0.4, -0.2) is 38.5 Å². The minimum atomic E-state index is -0.564. The molecule has 0 radical (unpaired) electrons. The highest BCUT2D eigenvalue weighted by Gasteiger charge is 2.24. The second kappa shape index (κ2) is 7.89. The Labute approximate surface area is 147 Å². The van der Waals surface area contributed by atoms with Crippen molar-refractivity contribution >= 4 is 5.71 Å². The molecule has 1 aromatic heterocycles. The molecule has 25 heavy (non-hydrogen) atoms. The summed E-state index contributed by atoms with van der Waals surface area (Å²) in [6.45, 7) is 3.45. The van der Waals surface area contributed by atoms with Crippen LogP contribution in [0.2, 0.25) is 0 Å². The Kier molecular flexibility index (Phi) is 5.60. The molecule has 0 atom stereocenters. The van der Waals surface area contributed by atoms with Gasteiger partial charge in [-0.25, -0.2) is 4.79 Å². The van der Waals surface area contributed by atoms with E-state index in [0.717, 1.165) is 58.0 Å². The van der Waals surface area contributed by atoms with Gasteiger partial charge in [0.05, 0.1) is 5.71 Å². The summed E-state index contributed by atoms with van der Waals surface area (Å²) < 4.78 is 1.36. The van der Waals surface area contributed by atoms with E-state index >= 15 is 0 Å². The van der Waals surface area contributed by atoms with Crippen LogP contribution < -0.4 is 11.2 Å². The van der Waals surface area contributed by atoms with Gasteiger partial charge in [-0.1, -0.05) is 32.1 Å². The average molecular weight is 348 g/mol. The van der Waals surface area contributed by atoms with Gasteiger partial charge in [-0.15, -0.1) is 0 Å². The molecular formula is C18H28N4O3. The quantitative estimate of drug-likeness (QED) is 0.820. The number of aromatic amines is 1. The van der Waals surface area contributed by atoms with Crippen LogP contribution in [0.3, 0.4) is 0 Å². The highest BCUT2D eigenvalue weighted by Crippen LogP contribution is 2.30. The molecule has 0 unspecified atom stereocenters. The second-order valence-corrected chi connectivity index (χ2v) is 7.17. The zero-order valence-corrected chi connectivity index (χ0v) is 15.0. The lowest BCUT2D eigenvalue weighted by atomic mass is 9.95. The van der Waals surface area contributed by atoms with E-state index in [2.05, 4.69) is 10.1 Å². The molecule has 2 heterocycles. The Bertz CT molecular complexity index is 736. The molecule has 1 saturated heterocycles. The van der Waals surface area contributed by atoms with Crippen LogP contribution in [0.5, 0.6) is 5.88 Å². The van der Waals surface area contributed by atoms with E-state index < -0.39 is 11.2 Å². The Balaban J connectivity index is 1.97. The minimum absolute atomic E-state index is 0.0529. The van der Waals surface area contributed by atoms with Crippen LogP contribution in [0.1, 0.15) is 76.3 Å². The van der Waals surface area contributed by atoms with Crippen molar-refractivity contribution in [3.05, 3.63) is 26.4 Å². The fraction of sp³-hybridized carbons (Fsp3) is 0.722. The van der Waals surface area contributed by atoms with Crippen molar-refractivity contribution in [1.29, 1.82) is 0 Å². The summed E-state index contributed by atoms with van der Waals surface area (Å²) in [5, 5.41) is 17.2. The first kappa shape index (κ1) is 17.8. The van der Waals surface area contributed by atoms with E-state index in [-0.39, 0.29) is 17.5 Å². The van der Waals surface area contributed by atoms with E-state index in [0.29, 0.717) is 5.71 Å². The van der Waals surface area contributed by atoms with Crippen LogP contribution >= 0.6 is 0 Å². The summed E-state index contributed by atoms with van der Waals surface area (Å²) in [4.78, 5) is 27.0. The lowest BCUT2D eigenvalue weighted by molar-refractivity contribution is 0.295. The van der Waals surface area contributed by atoms with Crippen molar-refractivity contribution in [3.63, 3.8) is 0 Å². The molecule has 0 spiro atoms. The molecule has 138 valence electrons. The third-order valence-electron chi connectivity index (χ3n) is 5.29.